The van der Waals surface area contributed by atoms with Crippen LogP contribution in [0.4, 0.5) is 0 Å². The van der Waals surface area contributed by atoms with Gasteiger partial charge in [0, 0.05) is 5.57 Å². The second kappa shape index (κ2) is 12.2. The number of unbranched alkanes of at least 4 members (excludes halogenated alkanes) is 6. The quantitative estimate of drug-likeness (QED) is 0.187. The Balaban J connectivity index is 3.59. The van der Waals surface area contributed by atoms with Crippen LogP contribution in [0.5, 0.6) is 0 Å². The zero-order valence-corrected chi connectivity index (χ0v) is 15.2. The molecule has 0 aromatic heterocycles. The van der Waals surface area contributed by atoms with E-state index in [1.54, 1.807) is 6.92 Å². The summed E-state index contributed by atoms with van der Waals surface area (Å²) >= 11 is 0. The average molecular weight is 364 g/mol. The molecule has 0 saturated carbocycles. The molecule has 0 aromatic rings. The number of hydrogen-bond donors (Lipinski definition) is 3. The molecule has 8 heteroatoms. The summed E-state index contributed by atoms with van der Waals surface area (Å²) < 4.78 is 15.9. The van der Waals surface area contributed by atoms with Crippen molar-refractivity contribution in [2.24, 2.45) is 5.92 Å². The monoisotopic (exact) mass is 364 g/mol. The fourth-order valence-electron chi connectivity index (χ4n) is 2.24. The molecular weight excluding hydrogens is 335 g/mol. The van der Waals surface area contributed by atoms with Crippen molar-refractivity contribution in [2.75, 3.05) is 12.8 Å². The molecule has 0 spiro atoms. The molecular formula is C16H29O7P. The summed E-state index contributed by atoms with van der Waals surface area (Å²) in [5.74, 6) is -2.49. The Kier molecular flexibility index (Phi) is 11.6. The van der Waals surface area contributed by atoms with Gasteiger partial charge in [-0.3, -0.25) is 9.36 Å². The van der Waals surface area contributed by atoms with Gasteiger partial charge in [-0.15, -0.1) is 0 Å². The second-order valence-electron chi connectivity index (χ2n) is 6.06. The van der Waals surface area contributed by atoms with E-state index in [1.807, 2.05) is 0 Å². The van der Waals surface area contributed by atoms with Crippen LogP contribution in [-0.2, 0) is 18.9 Å². The molecule has 1 unspecified atom stereocenters. The SMILES string of the molecule is C=C(C)C(=O)OCCCCCCCCCC(CP(=O)(O)O)C(=O)O. The summed E-state index contributed by atoms with van der Waals surface area (Å²) in [6.45, 7) is 5.51. The highest BCUT2D eigenvalue weighted by Crippen LogP contribution is 2.38. The molecule has 0 rings (SSSR count). The average Bonchev–Trinajstić information content (AvgIpc) is 2.46. The van der Waals surface area contributed by atoms with E-state index in [-0.39, 0.29) is 12.4 Å². The third-order valence-corrected chi connectivity index (χ3v) is 4.50. The Hall–Kier alpha value is -1.17. The molecule has 7 nitrogen and oxygen atoms in total. The molecule has 24 heavy (non-hydrogen) atoms. The molecule has 0 radical (unpaired) electrons. The van der Waals surface area contributed by atoms with Crippen LogP contribution in [0.25, 0.3) is 0 Å². The van der Waals surface area contributed by atoms with Gasteiger partial charge in [0.2, 0.25) is 0 Å². The zero-order chi connectivity index (χ0) is 18.6. The van der Waals surface area contributed by atoms with Gasteiger partial charge in [-0.25, -0.2) is 4.79 Å². The van der Waals surface area contributed by atoms with E-state index in [0.29, 0.717) is 18.6 Å². The number of carboxylic acids is 1. The zero-order valence-electron chi connectivity index (χ0n) is 14.3. The smallest absolute Gasteiger partial charge is 0.333 e. The lowest BCUT2D eigenvalue weighted by atomic mass is 10.0. The third kappa shape index (κ3) is 13.3. The Morgan fingerprint density at radius 3 is 2.00 bits per heavy atom. The normalized spacial score (nSPS) is 12.6. The Bertz CT molecular complexity index is 455. The third-order valence-electron chi connectivity index (χ3n) is 3.59. The van der Waals surface area contributed by atoms with Gasteiger partial charge in [0.15, 0.2) is 0 Å². The Morgan fingerprint density at radius 1 is 1.04 bits per heavy atom. The van der Waals surface area contributed by atoms with Gasteiger partial charge in [-0.1, -0.05) is 45.1 Å². The van der Waals surface area contributed by atoms with E-state index in [9.17, 15) is 14.2 Å². The summed E-state index contributed by atoms with van der Waals surface area (Å²) in [5, 5.41) is 8.95. The minimum atomic E-state index is -4.29. The van der Waals surface area contributed by atoms with Gasteiger partial charge in [-0.2, -0.15) is 0 Å². The first-order chi connectivity index (χ1) is 11.1. The number of carbonyl (C=O) groups excluding carboxylic acids is 1. The largest absolute Gasteiger partial charge is 0.481 e. The molecule has 0 aliphatic heterocycles. The maximum atomic E-state index is 11.1. The minimum Gasteiger partial charge on any atom is -0.481 e. The molecule has 3 N–H and O–H groups in total. The van der Waals surface area contributed by atoms with Crippen LogP contribution in [0.1, 0.15) is 58.3 Å². The molecule has 0 aliphatic carbocycles. The van der Waals surface area contributed by atoms with E-state index in [1.165, 1.54) is 0 Å². The minimum absolute atomic E-state index is 0.289. The van der Waals surface area contributed by atoms with Gasteiger partial charge in [0.1, 0.15) is 0 Å². The molecule has 1 atom stereocenters. The van der Waals surface area contributed by atoms with Crippen LogP contribution in [0.3, 0.4) is 0 Å². The molecule has 0 bridgehead atoms. The number of aliphatic carboxylic acids is 1. The Morgan fingerprint density at radius 2 is 1.54 bits per heavy atom. The first-order valence-corrected chi connectivity index (χ1v) is 10.0. The molecule has 140 valence electrons. The number of hydrogen-bond acceptors (Lipinski definition) is 4. The summed E-state index contributed by atoms with van der Waals surface area (Å²) in [6, 6.07) is 0. The fourth-order valence-corrected chi connectivity index (χ4v) is 3.16. The van der Waals surface area contributed by atoms with Gasteiger partial charge >= 0.3 is 19.5 Å². The van der Waals surface area contributed by atoms with Crippen molar-refractivity contribution in [3.05, 3.63) is 12.2 Å². The summed E-state index contributed by atoms with van der Waals surface area (Å²) in [7, 11) is -4.29. The molecule has 0 aromatic carbocycles. The number of ether oxygens (including phenoxy) is 1. The van der Waals surface area contributed by atoms with E-state index >= 15 is 0 Å². The van der Waals surface area contributed by atoms with Crippen LogP contribution in [-0.4, -0.2) is 39.6 Å². The number of esters is 1. The number of carbonyl (C=O) groups is 2. The lowest BCUT2D eigenvalue weighted by Crippen LogP contribution is -2.18. The highest BCUT2D eigenvalue weighted by Gasteiger charge is 2.26. The van der Waals surface area contributed by atoms with Crippen molar-refractivity contribution in [3.8, 4) is 0 Å². The Labute approximate surface area is 143 Å². The van der Waals surface area contributed by atoms with Crippen molar-refractivity contribution in [1.82, 2.24) is 0 Å². The number of rotatable bonds is 14. The number of carboxylic acid groups (broad SMARTS) is 1. The van der Waals surface area contributed by atoms with E-state index < -0.39 is 25.6 Å². The fraction of sp³-hybridized carbons (Fsp3) is 0.750. The molecule has 0 heterocycles. The van der Waals surface area contributed by atoms with Crippen molar-refractivity contribution in [1.29, 1.82) is 0 Å². The standard InChI is InChI=1S/C16H29O7P/c1-13(2)16(19)23-11-9-7-5-3-4-6-8-10-14(15(17)18)12-24(20,21)22/h14H,1,3-12H2,2H3,(H,17,18)(H2,20,21,22). The second-order valence-corrected chi connectivity index (χ2v) is 7.76. The van der Waals surface area contributed by atoms with E-state index in [4.69, 9.17) is 19.6 Å². The predicted molar refractivity (Wildman–Crippen MR) is 90.7 cm³/mol. The van der Waals surface area contributed by atoms with Crippen LogP contribution >= 0.6 is 7.60 Å². The highest BCUT2D eigenvalue weighted by atomic mass is 31.2. The molecule has 0 saturated heterocycles. The molecule has 0 aliphatic rings. The molecule has 0 amide bonds. The maximum absolute atomic E-state index is 11.1. The van der Waals surface area contributed by atoms with Gasteiger partial charge in [0.25, 0.3) is 0 Å². The van der Waals surface area contributed by atoms with Gasteiger partial charge in [-0.05, 0) is 19.8 Å². The van der Waals surface area contributed by atoms with Crippen molar-refractivity contribution >= 4 is 19.5 Å². The van der Waals surface area contributed by atoms with Crippen LogP contribution < -0.4 is 0 Å². The van der Waals surface area contributed by atoms with Crippen molar-refractivity contribution in [2.45, 2.75) is 58.3 Å². The van der Waals surface area contributed by atoms with Gasteiger partial charge < -0.3 is 19.6 Å². The van der Waals surface area contributed by atoms with Crippen molar-refractivity contribution in [3.63, 3.8) is 0 Å². The molecule has 0 fully saturated rings. The highest BCUT2D eigenvalue weighted by molar-refractivity contribution is 7.51. The van der Waals surface area contributed by atoms with Gasteiger partial charge in [0.05, 0.1) is 18.7 Å². The van der Waals surface area contributed by atoms with Crippen LogP contribution in [0.15, 0.2) is 12.2 Å². The predicted octanol–water partition coefficient (Wildman–Crippen LogP) is 3.11. The summed E-state index contributed by atoms with van der Waals surface area (Å²) in [6.07, 6.45) is 5.92. The topological polar surface area (TPSA) is 121 Å². The lowest BCUT2D eigenvalue weighted by molar-refractivity contribution is -0.141. The first kappa shape index (κ1) is 22.8. The van der Waals surface area contributed by atoms with E-state index in [0.717, 1.165) is 38.5 Å². The first-order valence-electron chi connectivity index (χ1n) is 8.23. The van der Waals surface area contributed by atoms with E-state index in [2.05, 4.69) is 6.58 Å². The van der Waals surface area contributed by atoms with Crippen LogP contribution in [0, 0.1) is 5.92 Å². The summed E-state index contributed by atoms with van der Waals surface area (Å²) in [4.78, 5) is 39.8. The summed E-state index contributed by atoms with van der Waals surface area (Å²) in [5.41, 5.74) is 0.397. The maximum Gasteiger partial charge on any atom is 0.333 e. The lowest BCUT2D eigenvalue weighted by Gasteiger charge is -2.12. The van der Waals surface area contributed by atoms with Crippen molar-refractivity contribution < 1.29 is 33.8 Å². The van der Waals surface area contributed by atoms with Crippen LogP contribution in [0.2, 0.25) is 0 Å².